The highest BCUT2D eigenvalue weighted by atomic mass is 14.1. The molecule has 3 rings (SSSR count). The molecule has 0 spiro atoms. The average Bonchev–Trinajstić information content (AvgIpc) is 2.61. The zero-order chi connectivity index (χ0) is 15.9. The molecule has 0 bridgehead atoms. The fourth-order valence-corrected chi connectivity index (χ4v) is 3.05. The van der Waals surface area contributed by atoms with Crippen LogP contribution in [0, 0.1) is 6.92 Å². The van der Waals surface area contributed by atoms with Crippen LogP contribution in [0.3, 0.4) is 0 Å². The van der Waals surface area contributed by atoms with Crippen molar-refractivity contribution in [2.24, 2.45) is 0 Å². The van der Waals surface area contributed by atoms with Crippen molar-refractivity contribution < 1.29 is 0 Å². The molecule has 0 fully saturated rings. The van der Waals surface area contributed by atoms with E-state index in [1.54, 1.807) is 0 Å². The quantitative estimate of drug-likeness (QED) is 0.558. The summed E-state index contributed by atoms with van der Waals surface area (Å²) in [4.78, 5) is 0. The zero-order valence-electron chi connectivity index (χ0n) is 13.8. The summed E-state index contributed by atoms with van der Waals surface area (Å²) < 4.78 is 0. The van der Waals surface area contributed by atoms with E-state index in [1.807, 2.05) is 0 Å². The van der Waals surface area contributed by atoms with Crippen molar-refractivity contribution in [2.45, 2.75) is 32.6 Å². The number of benzene rings is 3. The number of aryl methyl sites for hydroxylation is 5. The first-order valence-electron chi connectivity index (χ1n) is 8.47. The van der Waals surface area contributed by atoms with Crippen LogP contribution >= 0.6 is 0 Å². The van der Waals surface area contributed by atoms with Crippen molar-refractivity contribution >= 4 is 0 Å². The van der Waals surface area contributed by atoms with Gasteiger partial charge in [0.05, 0.1) is 0 Å². The zero-order valence-corrected chi connectivity index (χ0v) is 13.8. The monoisotopic (exact) mass is 300 g/mol. The van der Waals surface area contributed by atoms with E-state index in [1.165, 1.54) is 27.8 Å². The first kappa shape index (κ1) is 15.6. The number of hydrogen-bond donors (Lipinski definition) is 0. The third-order valence-corrected chi connectivity index (χ3v) is 4.48. The highest BCUT2D eigenvalue weighted by molar-refractivity contribution is 5.32. The van der Waals surface area contributed by atoms with E-state index in [-0.39, 0.29) is 0 Å². The topological polar surface area (TPSA) is 0 Å². The molecule has 0 nitrogen and oxygen atoms in total. The van der Waals surface area contributed by atoms with Crippen molar-refractivity contribution in [3.8, 4) is 0 Å². The second-order valence-corrected chi connectivity index (χ2v) is 6.23. The van der Waals surface area contributed by atoms with Crippen molar-refractivity contribution in [1.82, 2.24) is 0 Å². The van der Waals surface area contributed by atoms with Gasteiger partial charge in [0.2, 0.25) is 0 Å². The summed E-state index contributed by atoms with van der Waals surface area (Å²) >= 11 is 0. The van der Waals surface area contributed by atoms with Gasteiger partial charge in [-0.05, 0) is 60.4 Å². The largest absolute Gasteiger partial charge is 0.0622 e. The van der Waals surface area contributed by atoms with Gasteiger partial charge in [0.25, 0.3) is 0 Å². The Hall–Kier alpha value is -2.34. The van der Waals surface area contributed by atoms with Crippen LogP contribution in [-0.2, 0) is 25.7 Å². The maximum atomic E-state index is 2.36. The maximum Gasteiger partial charge on any atom is -0.0236 e. The molecule has 116 valence electrons. The normalized spacial score (nSPS) is 10.7. The first-order chi connectivity index (χ1) is 11.3. The number of hydrogen-bond acceptors (Lipinski definition) is 0. The second-order valence-electron chi connectivity index (χ2n) is 6.23. The van der Waals surface area contributed by atoms with E-state index >= 15 is 0 Å². The average molecular weight is 300 g/mol. The van der Waals surface area contributed by atoms with Crippen LogP contribution in [0.15, 0.2) is 78.9 Å². The summed E-state index contributed by atoms with van der Waals surface area (Å²) in [7, 11) is 0. The van der Waals surface area contributed by atoms with E-state index in [9.17, 15) is 0 Å². The van der Waals surface area contributed by atoms with Crippen molar-refractivity contribution in [2.75, 3.05) is 0 Å². The van der Waals surface area contributed by atoms with Crippen molar-refractivity contribution in [3.63, 3.8) is 0 Å². The molecular weight excluding hydrogens is 276 g/mol. The molecule has 0 heteroatoms. The van der Waals surface area contributed by atoms with Crippen molar-refractivity contribution in [3.05, 3.63) is 107 Å². The lowest BCUT2D eigenvalue weighted by molar-refractivity contribution is 0.929. The van der Waals surface area contributed by atoms with Gasteiger partial charge in [-0.2, -0.15) is 0 Å². The lowest BCUT2D eigenvalue weighted by atomic mass is 9.96. The Morgan fingerprint density at radius 3 is 1.61 bits per heavy atom. The number of rotatable bonds is 6. The molecule has 0 heterocycles. The molecule has 23 heavy (non-hydrogen) atoms. The van der Waals surface area contributed by atoms with Gasteiger partial charge in [-0.1, -0.05) is 78.9 Å². The van der Waals surface area contributed by atoms with Gasteiger partial charge in [-0.3, -0.25) is 0 Å². The van der Waals surface area contributed by atoms with Crippen LogP contribution in [0.25, 0.3) is 0 Å². The molecule has 0 N–H and O–H groups in total. The fourth-order valence-electron chi connectivity index (χ4n) is 3.05. The highest BCUT2D eigenvalue weighted by Gasteiger charge is 2.02. The predicted molar refractivity (Wildman–Crippen MR) is 98.9 cm³/mol. The van der Waals surface area contributed by atoms with Crippen LogP contribution in [-0.4, -0.2) is 0 Å². The minimum Gasteiger partial charge on any atom is -0.0622 e. The molecule has 0 aromatic heterocycles. The Labute approximate surface area is 139 Å². The molecule has 0 saturated heterocycles. The van der Waals surface area contributed by atoms with E-state index in [0.29, 0.717) is 0 Å². The minimum atomic E-state index is 1.11. The van der Waals surface area contributed by atoms with Crippen LogP contribution in [0.2, 0.25) is 0 Å². The van der Waals surface area contributed by atoms with Gasteiger partial charge in [-0.15, -0.1) is 0 Å². The second kappa shape index (κ2) is 7.78. The Kier molecular flexibility index (Phi) is 5.26. The van der Waals surface area contributed by atoms with Gasteiger partial charge < -0.3 is 0 Å². The van der Waals surface area contributed by atoms with Crippen LogP contribution in [0.4, 0.5) is 0 Å². The highest BCUT2D eigenvalue weighted by Crippen LogP contribution is 2.16. The SMILES string of the molecule is Cc1cc(CCc2ccccc2)ccc1CCc1ccccc1. The summed E-state index contributed by atoms with van der Waals surface area (Å²) in [5, 5.41) is 0. The van der Waals surface area contributed by atoms with Crippen LogP contribution < -0.4 is 0 Å². The van der Waals surface area contributed by atoms with Gasteiger partial charge in [0.1, 0.15) is 0 Å². The third-order valence-electron chi connectivity index (χ3n) is 4.48. The molecule has 0 saturated carbocycles. The molecule has 3 aromatic rings. The maximum absolute atomic E-state index is 2.36. The van der Waals surface area contributed by atoms with E-state index in [0.717, 1.165) is 25.7 Å². The summed E-state index contributed by atoms with van der Waals surface area (Å²) in [5.41, 5.74) is 7.16. The summed E-state index contributed by atoms with van der Waals surface area (Å²) in [5.74, 6) is 0. The van der Waals surface area contributed by atoms with E-state index in [2.05, 4.69) is 85.8 Å². The molecule has 0 atom stereocenters. The summed E-state index contributed by atoms with van der Waals surface area (Å²) in [6.45, 7) is 2.24. The summed E-state index contributed by atoms with van der Waals surface area (Å²) in [6, 6.07) is 28.5. The standard InChI is InChI=1S/C23H24/c1-19-18-22(13-12-20-8-4-2-5-9-20)15-17-23(19)16-14-21-10-6-3-7-11-21/h2-11,15,17-18H,12-14,16H2,1H3. The fraction of sp³-hybridized carbons (Fsp3) is 0.217. The smallest absolute Gasteiger partial charge is 0.0236 e. The van der Waals surface area contributed by atoms with E-state index in [4.69, 9.17) is 0 Å². The molecule has 3 aromatic carbocycles. The van der Waals surface area contributed by atoms with Crippen molar-refractivity contribution in [1.29, 1.82) is 0 Å². The van der Waals surface area contributed by atoms with Gasteiger partial charge in [0.15, 0.2) is 0 Å². The Morgan fingerprint density at radius 2 is 1.04 bits per heavy atom. The lowest BCUT2D eigenvalue weighted by Gasteiger charge is -2.09. The molecule has 0 radical (unpaired) electrons. The lowest BCUT2D eigenvalue weighted by Crippen LogP contribution is -1.97. The Balaban J connectivity index is 1.59. The molecule has 0 aliphatic rings. The molecule has 0 aliphatic carbocycles. The third kappa shape index (κ3) is 4.56. The van der Waals surface area contributed by atoms with Crippen LogP contribution in [0.5, 0.6) is 0 Å². The Bertz CT molecular complexity index is 727. The van der Waals surface area contributed by atoms with Gasteiger partial charge in [-0.25, -0.2) is 0 Å². The minimum absolute atomic E-state index is 1.11. The molecule has 0 aliphatic heterocycles. The van der Waals surface area contributed by atoms with Crippen LogP contribution in [0.1, 0.15) is 27.8 Å². The molecule has 0 unspecified atom stereocenters. The predicted octanol–water partition coefficient (Wildman–Crippen LogP) is 5.57. The van der Waals surface area contributed by atoms with Gasteiger partial charge >= 0.3 is 0 Å². The van der Waals surface area contributed by atoms with Gasteiger partial charge in [0, 0.05) is 0 Å². The molecular formula is C23H24. The van der Waals surface area contributed by atoms with E-state index < -0.39 is 0 Å². The molecule has 0 amide bonds. The Morgan fingerprint density at radius 1 is 0.522 bits per heavy atom. The first-order valence-corrected chi connectivity index (χ1v) is 8.47. The summed E-state index contributed by atoms with van der Waals surface area (Å²) in [6.07, 6.45) is 4.47.